The number of carbonyl (C=O) groups is 5. The van der Waals surface area contributed by atoms with Crippen LogP contribution in [0.4, 0.5) is 0 Å². The molecule has 0 spiro atoms. The minimum Gasteiger partial charge on any atom is -0.464 e. The molecule has 4 atom stereocenters. The fraction of sp³-hybridized carbons (Fsp3) is 0.408. The van der Waals surface area contributed by atoms with E-state index in [1.807, 2.05) is 63.1 Å². The Morgan fingerprint density at radius 1 is 0.831 bits per heavy atom. The summed E-state index contributed by atoms with van der Waals surface area (Å²) in [5, 5.41) is 16.9. The topological polar surface area (TPSA) is 202 Å². The van der Waals surface area contributed by atoms with E-state index in [0.29, 0.717) is 31.0 Å². The first-order valence-electron chi connectivity index (χ1n) is 22.3. The van der Waals surface area contributed by atoms with Crippen molar-refractivity contribution in [1.29, 1.82) is 0 Å². The number of likely N-dealkylation sites (tertiary alicyclic amines) is 2. The number of aromatic amines is 2. The SMILES string of the molecule is COC(=O)c1[nH]c2c(-c3ccc(C4=CN=C(C5CCCN5C(=O)[C@@H](NC(C)=O)C(C)C)C4)cc3)csc2c1-c1ccc(-c2cnc([C@@H]3CCCN3C(=O)[C@@H](NC(=O)CO)C(C)C)[nH]2)cc1. The lowest BCUT2D eigenvalue weighted by atomic mass is 9.96. The van der Waals surface area contributed by atoms with Crippen molar-refractivity contribution >= 4 is 62.4 Å². The Balaban J connectivity index is 0.978. The van der Waals surface area contributed by atoms with Crippen LogP contribution in [0.5, 0.6) is 0 Å². The summed E-state index contributed by atoms with van der Waals surface area (Å²) in [6.45, 7) is 9.56. The molecule has 2 fully saturated rings. The highest BCUT2D eigenvalue weighted by Crippen LogP contribution is 2.43. The Bertz CT molecular complexity index is 2670. The van der Waals surface area contributed by atoms with Crippen LogP contribution in [0, 0.1) is 11.8 Å². The summed E-state index contributed by atoms with van der Waals surface area (Å²) in [7, 11) is 1.37. The van der Waals surface area contributed by atoms with Crippen molar-refractivity contribution in [1.82, 2.24) is 35.4 Å². The third-order valence-corrected chi connectivity index (χ3v) is 13.8. The van der Waals surface area contributed by atoms with Crippen LogP contribution >= 0.6 is 11.3 Å². The molecule has 15 nitrogen and oxygen atoms in total. The van der Waals surface area contributed by atoms with Crippen LogP contribution in [0.1, 0.15) is 94.6 Å². The van der Waals surface area contributed by atoms with Gasteiger partial charge >= 0.3 is 5.97 Å². The first kappa shape index (κ1) is 45.2. The average Bonchev–Trinajstić information content (AvgIpc) is 4.16. The van der Waals surface area contributed by atoms with Gasteiger partial charge in [-0.1, -0.05) is 76.2 Å². The number of aromatic nitrogens is 3. The van der Waals surface area contributed by atoms with E-state index in [2.05, 4.69) is 55.2 Å². The number of aliphatic hydroxyl groups excluding tert-OH is 1. The van der Waals surface area contributed by atoms with Gasteiger partial charge in [0.25, 0.3) is 0 Å². The molecule has 2 aromatic carbocycles. The van der Waals surface area contributed by atoms with E-state index in [1.165, 1.54) is 14.0 Å². The van der Waals surface area contributed by atoms with Crippen molar-refractivity contribution in [3.05, 3.63) is 83.4 Å². The summed E-state index contributed by atoms with van der Waals surface area (Å²) >= 11 is 1.55. The van der Waals surface area contributed by atoms with Gasteiger partial charge in [0.15, 0.2) is 0 Å². The molecule has 0 radical (unpaired) electrons. The molecule has 0 bridgehead atoms. The summed E-state index contributed by atoms with van der Waals surface area (Å²) in [5.74, 6) is -1.07. The third-order valence-electron chi connectivity index (χ3n) is 12.8. The molecule has 3 aliphatic rings. The van der Waals surface area contributed by atoms with Crippen LogP contribution in [-0.2, 0) is 23.9 Å². The standard InChI is InChI=1S/C49H56N8O7S/c1-26(2)41(52-28(5)59)47(61)56-19-7-9-37(56)35-21-33(22-50-35)29-11-13-30(14-12-29)34-25-65-45-40(44(49(63)64-6)55-43(34)45)32-17-15-31(16-18-32)36-23-51-46(53-36)38-10-8-20-57(38)48(62)42(27(3)4)54-39(60)24-58/h11-18,22-23,25-27,37-38,41-42,55,58H,7-10,19-21,24H2,1-6H3,(H,51,53)(H,52,59)(H,54,60)/t37?,38-,41-,42-/m0/s1. The maximum absolute atomic E-state index is 13.6. The number of fused-ring (bicyclic) bond motifs is 1. The van der Waals surface area contributed by atoms with Gasteiger partial charge in [0.1, 0.15) is 30.2 Å². The molecule has 65 heavy (non-hydrogen) atoms. The van der Waals surface area contributed by atoms with Gasteiger partial charge in [0, 0.05) is 54.9 Å². The third kappa shape index (κ3) is 9.01. The minimum atomic E-state index is -0.756. The summed E-state index contributed by atoms with van der Waals surface area (Å²) in [4.78, 5) is 84.4. The number of rotatable bonds is 14. The van der Waals surface area contributed by atoms with Crippen molar-refractivity contribution in [2.24, 2.45) is 16.8 Å². The molecule has 3 aromatic heterocycles. The van der Waals surface area contributed by atoms with E-state index < -0.39 is 30.6 Å². The largest absolute Gasteiger partial charge is 0.464 e. The number of hydrogen-bond donors (Lipinski definition) is 5. The van der Waals surface area contributed by atoms with Crippen LogP contribution in [-0.4, -0.2) is 110 Å². The molecule has 340 valence electrons. The zero-order valence-corrected chi connectivity index (χ0v) is 38.4. The quantitative estimate of drug-likeness (QED) is 0.0743. The molecule has 5 aromatic rings. The lowest BCUT2D eigenvalue weighted by Crippen LogP contribution is -2.53. The first-order chi connectivity index (χ1) is 31.3. The second-order valence-electron chi connectivity index (χ2n) is 17.8. The average molecular weight is 901 g/mol. The number of nitrogens with one attached hydrogen (secondary N) is 4. The number of benzene rings is 2. The first-order valence-corrected chi connectivity index (χ1v) is 23.2. The Labute approximate surface area is 381 Å². The monoisotopic (exact) mass is 900 g/mol. The Morgan fingerprint density at radius 2 is 1.43 bits per heavy atom. The predicted molar refractivity (Wildman–Crippen MR) is 251 cm³/mol. The van der Waals surface area contributed by atoms with E-state index in [4.69, 9.17) is 9.73 Å². The Morgan fingerprint density at radius 3 is 2.06 bits per heavy atom. The number of amides is 4. The minimum absolute atomic E-state index is 0.0344. The fourth-order valence-corrected chi connectivity index (χ4v) is 10.5. The number of aliphatic imine (C=N–C) groups is 1. The van der Waals surface area contributed by atoms with E-state index in [-0.39, 0.29) is 41.6 Å². The molecule has 0 aliphatic carbocycles. The fourth-order valence-electron chi connectivity index (χ4n) is 9.38. The predicted octanol–water partition coefficient (Wildman–Crippen LogP) is 6.87. The number of thiophene rings is 1. The molecule has 5 N–H and O–H groups in total. The summed E-state index contributed by atoms with van der Waals surface area (Å²) < 4.78 is 6.17. The molecule has 4 amide bonds. The molecule has 1 unspecified atom stereocenters. The van der Waals surface area contributed by atoms with Gasteiger partial charge in [-0.25, -0.2) is 9.78 Å². The molecule has 6 heterocycles. The molecule has 16 heteroatoms. The zero-order chi connectivity index (χ0) is 46.1. The number of aliphatic hydroxyl groups is 1. The van der Waals surface area contributed by atoms with Crippen molar-refractivity contribution in [3.8, 4) is 33.5 Å². The van der Waals surface area contributed by atoms with Gasteiger partial charge in [0.2, 0.25) is 23.6 Å². The number of carbonyl (C=O) groups excluding carboxylic acids is 5. The van der Waals surface area contributed by atoms with Gasteiger partial charge in [-0.3, -0.25) is 24.2 Å². The lowest BCUT2D eigenvalue weighted by molar-refractivity contribution is -0.139. The van der Waals surface area contributed by atoms with Crippen molar-refractivity contribution in [2.45, 2.75) is 90.9 Å². The summed E-state index contributed by atoms with van der Waals surface area (Å²) in [6, 6.07) is 14.5. The van der Waals surface area contributed by atoms with Crippen LogP contribution in [0.25, 0.3) is 49.3 Å². The smallest absolute Gasteiger partial charge is 0.355 e. The number of imidazole rings is 1. The highest BCUT2D eigenvalue weighted by atomic mass is 32.1. The number of methoxy groups -OCH3 is 1. The molecule has 2 saturated heterocycles. The Kier molecular flexibility index (Phi) is 13.2. The normalized spacial score (nSPS) is 18.3. The van der Waals surface area contributed by atoms with Gasteiger partial charge in [-0.15, -0.1) is 11.3 Å². The van der Waals surface area contributed by atoms with E-state index in [9.17, 15) is 29.1 Å². The number of allylic oxidation sites excluding steroid dienone is 1. The number of esters is 1. The van der Waals surface area contributed by atoms with Crippen LogP contribution < -0.4 is 10.6 Å². The number of H-pyrrole nitrogens is 2. The molecular formula is C49H56N8O7S. The van der Waals surface area contributed by atoms with Gasteiger partial charge in [-0.05, 0) is 65.3 Å². The van der Waals surface area contributed by atoms with Crippen LogP contribution in [0.15, 0.2) is 71.3 Å². The molecule has 0 saturated carbocycles. The number of hydrogen-bond acceptors (Lipinski definition) is 10. The second kappa shape index (κ2) is 19.0. The lowest BCUT2D eigenvalue weighted by Gasteiger charge is -2.31. The maximum atomic E-state index is 13.6. The summed E-state index contributed by atoms with van der Waals surface area (Å²) in [6.07, 6.45) is 7.54. The van der Waals surface area contributed by atoms with E-state index >= 15 is 0 Å². The van der Waals surface area contributed by atoms with Gasteiger partial charge in [-0.2, -0.15) is 0 Å². The number of nitrogens with zero attached hydrogens (tertiary/aromatic N) is 4. The maximum Gasteiger partial charge on any atom is 0.355 e. The summed E-state index contributed by atoms with van der Waals surface area (Å²) in [5.41, 5.74) is 9.46. The Hall–Kier alpha value is -6.39. The van der Waals surface area contributed by atoms with E-state index in [1.54, 1.807) is 22.4 Å². The highest BCUT2D eigenvalue weighted by Gasteiger charge is 2.39. The molecular weight excluding hydrogens is 845 g/mol. The number of ether oxygens (including phenoxy) is 1. The highest BCUT2D eigenvalue weighted by molar-refractivity contribution is 7.18. The van der Waals surface area contributed by atoms with Gasteiger partial charge in [0.05, 0.1) is 41.3 Å². The molecule has 3 aliphatic heterocycles. The van der Waals surface area contributed by atoms with Crippen molar-refractivity contribution in [3.63, 3.8) is 0 Å². The molecule has 8 rings (SSSR count). The van der Waals surface area contributed by atoms with Crippen LogP contribution in [0.2, 0.25) is 0 Å². The van der Waals surface area contributed by atoms with Crippen molar-refractivity contribution in [2.75, 3.05) is 26.8 Å². The second-order valence-corrected chi connectivity index (χ2v) is 18.6. The zero-order valence-electron chi connectivity index (χ0n) is 37.6. The van der Waals surface area contributed by atoms with E-state index in [0.717, 1.165) is 86.3 Å². The van der Waals surface area contributed by atoms with Crippen molar-refractivity contribution < 1.29 is 33.8 Å². The van der Waals surface area contributed by atoms with Crippen LogP contribution in [0.3, 0.4) is 0 Å². The van der Waals surface area contributed by atoms with Gasteiger partial charge < -0.3 is 40.2 Å².